The van der Waals surface area contributed by atoms with E-state index in [2.05, 4.69) is 61.2 Å². The number of benzene rings is 3. The van der Waals surface area contributed by atoms with Crippen LogP contribution in [0.5, 0.6) is 0 Å². The summed E-state index contributed by atoms with van der Waals surface area (Å²) in [6.45, 7) is 3.84. The van der Waals surface area contributed by atoms with Crippen molar-refractivity contribution in [3.63, 3.8) is 0 Å². The quantitative estimate of drug-likeness (QED) is 0.276. The maximum atomic E-state index is 11.0. The van der Waals surface area contributed by atoms with E-state index >= 15 is 0 Å². The number of ether oxygens (including phenoxy) is 1. The minimum Gasteiger partial charge on any atom is -0.463 e. The molecular formula is C21H20O2. The molecule has 3 rings (SSSR count). The molecule has 0 radical (unpaired) electrons. The van der Waals surface area contributed by atoms with Gasteiger partial charge in [-0.25, -0.2) is 4.79 Å². The predicted molar refractivity (Wildman–Crippen MR) is 95.5 cm³/mol. The molecule has 0 aliphatic rings. The van der Waals surface area contributed by atoms with Crippen LogP contribution in [0, 0.1) is 0 Å². The molecule has 0 N–H and O–H groups in total. The van der Waals surface area contributed by atoms with Crippen LogP contribution in [0.3, 0.4) is 0 Å². The second-order valence-electron chi connectivity index (χ2n) is 5.71. The Balaban J connectivity index is 1.66. The summed E-state index contributed by atoms with van der Waals surface area (Å²) < 4.78 is 4.99. The molecule has 0 bridgehead atoms. The normalized spacial score (nSPS) is 10.8. The highest BCUT2D eigenvalue weighted by Crippen LogP contribution is 2.24. The molecule has 0 aliphatic heterocycles. The Bertz CT molecular complexity index is 849. The second kappa shape index (κ2) is 7.10. The predicted octanol–water partition coefficient (Wildman–Crippen LogP) is 5.04. The molecule has 116 valence electrons. The number of unbranched alkanes of at least 4 members (excludes halogenated alkanes) is 1. The lowest BCUT2D eigenvalue weighted by molar-refractivity contribution is -0.137. The molecular weight excluding hydrogens is 284 g/mol. The summed E-state index contributed by atoms with van der Waals surface area (Å²) in [5.41, 5.74) is 1.32. The molecule has 0 amide bonds. The molecule has 3 aromatic rings. The minimum atomic E-state index is -0.345. The standard InChI is InChI=1S/C21H20O2/c1-2-21(22)23-12-6-5-7-16-10-11-19-14-17-8-3-4-9-18(17)15-20(19)13-16/h2-4,8-11,13-15H,1,5-7,12H2. The molecule has 0 saturated carbocycles. The molecule has 0 atom stereocenters. The van der Waals surface area contributed by atoms with Crippen molar-refractivity contribution in [1.29, 1.82) is 0 Å². The third kappa shape index (κ3) is 3.78. The third-order valence-corrected chi connectivity index (χ3v) is 4.04. The van der Waals surface area contributed by atoms with Gasteiger partial charge in [-0.05, 0) is 58.5 Å². The van der Waals surface area contributed by atoms with Crippen molar-refractivity contribution in [3.05, 3.63) is 72.8 Å². The van der Waals surface area contributed by atoms with Crippen molar-refractivity contribution in [3.8, 4) is 0 Å². The summed E-state index contributed by atoms with van der Waals surface area (Å²) in [6, 6.07) is 19.6. The SMILES string of the molecule is C=CC(=O)OCCCCc1ccc2cc3ccccc3cc2c1. The van der Waals surface area contributed by atoms with Crippen LogP contribution >= 0.6 is 0 Å². The Morgan fingerprint density at radius 2 is 1.61 bits per heavy atom. The summed E-state index contributed by atoms with van der Waals surface area (Å²) in [5.74, 6) is -0.345. The number of carbonyl (C=O) groups excluding carboxylic acids is 1. The van der Waals surface area contributed by atoms with Gasteiger partial charge in [0.1, 0.15) is 0 Å². The largest absolute Gasteiger partial charge is 0.463 e. The van der Waals surface area contributed by atoms with Gasteiger partial charge in [0.05, 0.1) is 6.61 Å². The van der Waals surface area contributed by atoms with Crippen molar-refractivity contribution in [2.24, 2.45) is 0 Å². The summed E-state index contributed by atoms with van der Waals surface area (Å²) in [6.07, 6.45) is 4.07. The van der Waals surface area contributed by atoms with E-state index in [-0.39, 0.29) is 5.97 Å². The Morgan fingerprint density at radius 1 is 0.913 bits per heavy atom. The number of rotatable bonds is 6. The minimum absolute atomic E-state index is 0.345. The Kier molecular flexibility index (Phi) is 4.72. The van der Waals surface area contributed by atoms with E-state index in [4.69, 9.17) is 4.74 Å². The van der Waals surface area contributed by atoms with E-state index < -0.39 is 0 Å². The highest BCUT2D eigenvalue weighted by molar-refractivity contribution is 5.98. The van der Waals surface area contributed by atoms with Crippen LogP contribution in [0.4, 0.5) is 0 Å². The fourth-order valence-electron chi connectivity index (χ4n) is 2.81. The lowest BCUT2D eigenvalue weighted by Crippen LogP contribution is -2.02. The zero-order chi connectivity index (χ0) is 16.1. The van der Waals surface area contributed by atoms with Crippen molar-refractivity contribution in [2.75, 3.05) is 6.61 Å². The van der Waals surface area contributed by atoms with E-state index in [0.29, 0.717) is 6.61 Å². The fraction of sp³-hybridized carbons (Fsp3) is 0.190. The number of hydrogen-bond acceptors (Lipinski definition) is 2. The fourth-order valence-corrected chi connectivity index (χ4v) is 2.81. The topological polar surface area (TPSA) is 26.3 Å². The van der Waals surface area contributed by atoms with Crippen molar-refractivity contribution in [1.82, 2.24) is 0 Å². The van der Waals surface area contributed by atoms with Crippen LogP contribution in [0.1, 0.15) is 18.4 Å². The number of esters is 1. The van der Waals surface area contributed by atoms with E-state index in [1.54, 1.807) is 0 Å². The summed E-state index contributed by atoms with van der Waals surface area (Å²) >= 11 is 0. The molecule has 3 aromatic carbocycles. The van der Waals surface area contributed by atoms with E-state index in [9.17, 15) is 4.79 Å². The molecule has 0 aromatic heterocycles. The molecule has 23 heavy (non-hydrogen) atoms. The maximum absolute atomic E-state index is 11.0. The summed E-state index contributed by atoms with van der Waals surface area (Å²) in [5, 5.41) is 5.09. The molecule has 2 heteroatoms. The van der Waals surface area contributed by atoms with Gasteiger partial charge in [-0.2, -0.15) is 0 Å². The highest BCUT2D eigenvalue weighted by atomic mass is 16.5. The molecule has 0 saturated heterocycles. The first-order chi connectivity index (χ1) is 11.3. The molecule has 0 aliphatic carbocycles. The lowest BCUT2D eigenvalue weighted by atomic mass is 10.00. The van der Waals surface area contributed by atoms with Crippen LogP contribution in [-0.2, 0) is 16.0 Å². The molecule has 0 heterocycles. The van der Waals surface area contributed by atoms with Gasteiger partial charge < -0.3 is 4.74 Å². The van der Waals surface area contributed by atoms with Gasteiger partial charge in [-0.15, -0.1) is 0 Å². The smallest absolute Gasteiger partial charge is 0.330 e. The molecule has 2 nitrogen and oxygen atoms in total. The van der Waals surface area contributed by atoms with Crippen LogP contribution in [0.15, 0.2) is 67.3 Å². The van der Waals surface area contributed by atoms with Gasteiger partial charge in [0.15, 0.2) is 0 Å². The maximum Gasteiger partial charge on any atom is 0.330 e. The van der Waals surface area contributed by atoms with Crippen molar-refractivity contribution < 1.29 is 9.53 Å². The lowest BCUT2D eigenvalue weighted by Gasteiger charge is -2.06. The molecule has 0 spiro atoms. The van der Waals surface area contributed by atoms with Gasteiger partial charge in [-0.1, -0.05) is 49.0 Å². The van der Waals surface area contributed by atoms with E-state index in [0.717, 1.165) is 19.3 Å². The Morgan fingerprint density at radius 3 is 2.35 bits per heavy atom. The van der Waals surface area contributed by atoms with Gasteiger partial charge in [0.2, 0.25) is 0 Å². The average molecular weight is 304 g/mol. The van der Waals surface area contributed by atoms with Crippen molar-refractivity contribution in [2.45, 2.75) is 19.3 Å². The van der Waals surface area contributed by atoms with Gasteiger partial charge >= 0.3 is 5.97 Å². The Hall–Kier alpha value is -2.61. The van der Waals surface area contributed by atoms with Crippen LogP contribution in [-0.4, -0.2) is 12.6 Å². The van der Waals surface area contributed by atoms with Crippen LogP contribution in [0.2, 0.25) is 0 Å². The average Bonchev–Trinajstić information content (AvgIpc) is 2.59. The number of aryl methyl sites for hydroxylation is 1. The Labute approximate surface area is 136 Å². The summed E-state index contributed by atoms with van der Waals surface area (Å²) in [7, 11) is 0. The van der Waals surface area contributed by atoms with Gasteiger partial charge in [-0.3, -0.25) is 0 Å². The second-order valence-corrected chi connectivity index (χ2v) is 5.71. The van der Waals surface area contributed by atoms with Gasteiger partial charge in [0.25, 0.3) is 0 Å². The van der Waals surface area contributed by atoms with Crippen molar-refractivity contribution >= 4 is 27.5 Å². The zero-order valence-corrected chi connectivity index (χ0v) is 13.1. The van der Waals surface area contributed by atoms with Crippen LogP contribution in [0.25, 0.3) is 21.5 Å². The molecule has 0 fully saturated rings. The van der Waals surface area contributed by atoms with E-state index in [1.807, 2.05) is 0 Å². The number of carbonyl (C=O) groups is 1. The first-order valence-corrected chi connectivity index (χ1v) is 7.97. The van der Waals surface area contributed by atoms with Crippen LogP contribution < -0.4 is 0 Å². The highest BCUT2D eigenvalue weighted by Gasteiger charge is 2.01. The zero-order valence-electron chi connectivity index (χ0n) is 13.1. The number of hydrogen-bond donors (Lipinski definition) is 0. The summed E-state index contributed by atoms with van der Waals surface area (Å²) in [4.78, 5) is 11.0. The first-order valence-electron chi connectivity index (χ1n) is 7.97. The van der Waals surface area contributed by atoms with Gasteiger partial charge in [0, 0.05) is 6.08 Å². The monoisotopic (exact) mass is 304 g/mol. The number of fused-ring (bicyclic) bond motifs is 2. The van der Waals surface area contributed by atoms with E-state index in [1.165, 1.54) is 33.2 Å². The third-order valence-electron chi connectivity index (χ3n) is 4.04. The molecule has 0 unspecified atom stereocenters. The first kappa shape index (κ1) is 15.3.